The highest BCUT2D eigenvalue weighted by Crippen LogP contribution is 2.42. The largest absolute Gasteiger partial charge is 0.490 e. The summed E-state index contributed by atoms with van der Waals surface area (Å²) in [5.74, 6) is -1.03. The fourth-order valence-electron chi connectivity index (χ4n) is 3.99. The van der Waals surface area contributed by atoms with Crippen molar-refractivity contribution in [1.82, 2.24) is 10.2 Å². The van der Waals surface area contributed by atoms with Crippen molar-refractivity contribution in [2.24, 2.45) is 17.8 Å². The van der Waals surface area contributed by atoms with Gasteiger partial charge in [-0.2, -0.15) is 13.2 Å². The van der Waals surface area contributed by atoms with Crippen LogP contribution < -0.4 is 5.32 Å². The molecular weight excluding hydrogens is 393 g/mol. The molecule has 1 amide bonds. The zero-order chi connectivity index (χ0) is 20.9. The third-order valence-corrected chi connectivity index (χ3v) is 6.32. The zero-order valence-electron chi connectivity index (χ0n) is 16.0. The third kappa shape index (κ3) is 6.20. The lowest BCUT2D eigenvalue weighted by Crippen LogP contribution is -2.50. The van der Waals surface area contributed by atoms with Gasteiger partial charge in [-0.15, -0.1) is 11.3 Å². The molecule has 2 bridgehead atoms. The first kappa shape index (κ1) is 22.7. The first-order valence-electron chi connectivity index (χ1n) is 9.43. The molecule has 1 aliphatic carbocycles. The second kappa shape index (κ2) is 9.73. The predicted octanol–water partition coefficient (Wildman–Crippen LogP) is 3.41. The maximum Gasteiger partial charge on any atom is 0.490 e. The van der Waals surface area contributed by atoms with E-state index < -0.39 is 12.1 Å². The average Bonchev–Trinajstić information content (AvgIpc) is 3.20. The summed E-state index contributed by atoms with van der Waals surface area (Å²) in [6.45, 7) is 7.53. The van der Waals surface area contributed by atoms with E-state index in [1.165, 1.54) is 17.7 Å². The molecule has 1 aromatic heterocycles. The van der Waals surface area contributed by atoms with Crippen LogP contribution in [0.15, 0.2) is 17.5 Å². The molecule has 2 heterocycles. The number of carbonyl (C=O) groups is 2. The van der Waals surface area contributed by atoms with Gasteiger partial charge in [-0.3, -0.25) is 4.79 Å². The maximum absolute atomic E-state index is 12.5. The minimum absolute atomic E-state index is 0.267. The Hall–Kier alpha value is -1.61. The second-order valence-corrected chi connectivity index (χ2v) is 8.63. The van der Waals surface area contributed by atoms with Gasteiger partial charge >= 0.3 is 12.1 Å². The summed E-state index contributed by atoms with van der Waals surface area (Å²) in [4.78, 5) is 25.3. The summed E-state index contributed by atoms with van der Waals surface area (Å²) in [6, 6.07) is 4.82. The topological polar surface area (TPSA) is 69.6 Å². The van der Waals surface area contributed by atoms with E-state index in [4.69, 9.17) is 9.90 Å². The Kier molecular flexibility index (Phi) is 7.88. The molecule has 2 atom stereocenters. The average molecular weight is 420 g/mol. The summed E-state index contributed by atoms with van der Waals surface area (Å²) < 4.78 is 31.7. The van der Waals surface area contributed by atoms with Crippen LogP contribution in [0.1, 0.15) is 31.6 Å². The number of carbonyl (C=O) groups excluding carboxylic acids is 1. The lowest BCUT2D eigenvalue weighted by atomic mass is 9.84. The Morgan fingerprint density at radius 3 is 2.29 bits per heavy atom. The SMILES string of the molecule is CC(C)N1CC2CCC(C1)C2C(=O)NCCc1cccs1.O=C(O)C(F)(F)F. The number of piperidine rings is 1. The molecule has 2 fully saturated rings. The molecule has 158 valence electrons. The molecule has 9 heteroatoms. The van der Waals surface area contributed by atoms with Crippen LogP contribution in [-0.4, -0.2) is 53.7 Å². The van der Waals surface area contributed by atoms with Crippen LogP contribution in [0.4, 0.5) is 13.2 Å². The van der Waals surface area contributed by atoms with Gasteiger partial charge in [0.1, 0.15) is 0 Å². The van der Waals surface area contributed by atoms with Crippen molar-refractivity contribution in [3.05, 3.63) is 22.4 Å². The van der Waals surface area contributed by atoms with E-state index in [-0.39, 0.29) is 5.92 Å². The number of amides is 1. The van der Waals surface area contributed by atoms with Gasteiger partial charge in [0.2, 0.25) is 5.91 Å². The van der Waals surface area contributed by atoms with E-state index in [0.29, 0.717) is 23.8 Å². The van der Waals surface area contributed by atoms with Crippen LogP contribution >= 0.6 is 11.3 Å². The number of nitrogens with zero attached hydrogens (tertiary/aromatic N) is 1. The van der Waals surface area contributed by atoms with Crippen molar-refractivity contribution in [2.75, 3.05) is 19.6 Å². The predicted molar refractivity (Wildman–Crippen MR) is 101 cm³/mol. The van der Waals surface area contributed by atoms with Gasteiger partial charge in [0.15, 0.2) is 0 Å². The number of carboxylic acids is 1. The molecule has 1 saturated heterocycles. The summed E-state index contributed by atoms with van der Waals surface area (Å²) in [6.07, 6.45) is -1.66. The lowest BCUT2D eigenvalue weighted by molar-refractivity contribution is -0.192. The van der Waals surface area contributed by atoms with Crippen LogP contribution in [0.3, 0.4) is 0 Å². The number of halogens is 3. The number of aliphatic carboxylic acids is 1. The second-order valence-electron chi connectivity index (χ2n) is 7.59. The summed E-state index contributed by atoms with van der Waals surface area (Å²) in [5.41, 5.74) is 0. The monoisotopic (exact) mass is 420 g/mol. The van der Waals surface area contributed by atoms with Crippen molar-refractivity contribution in [1.29, 1.82) is 0 Å². The highest BCUT2D eigenvalue weighted by atomic mass is 32.1. The highest BCUT2D eigenvalue weighted by molar-refractivity contribution is 7.09. The fraction of sp³-hybridized carbons (Fsp3) is 0.684. The van der Waals surface area contributed by atoms with Gasteiger partial charge in [0.05, 0.1) is 0 Å². The molecule has 1 saturated carbocycles. The fourth-order valence-corrected chi connectivity index (χ4v) is 4.70. The van der Waals surface area contributed by atoms with Gasteiger partial charge in [-0.1, -0.05) is 6.07 Å². The number of likely N-dealkylation sites (tertiary alicyclic amines) is 1. The molecule has 2 N–H and O–H groups in total. The Morgan fingerprint density at radius 2 is 1.86 bits per heavy atom. The molecule has 0 spiro atoms. The molecule has 1 aromatic rings. The number of nitrogens with one attached hydrogen (secondary N) is 1. The quantitative estimate of drug-likeness (QED) is 0.766. The van der Waals surface area contributed by atoms with Crippen LogP contribution in [0.25, 0.3) is 0 Å². The van der Waals surface area contributed by atoms with Crippen molar-refractivity contribution < 1.29 is 27.9 Å². The third-order valence-electron chi connectivity index (χ3n) is 5.39. The molecular formula is C19H27F3N2O3S. The number of fused-ring (bicyclic) bond motifs is 2. The molecule has 5 nitrogen and oxygen atoms in total. The summed E-state index contributed by atoms with van der Waals surface area (Å²) >= 11 is 1.77. The van der Waals surface area contributed by atoms with Gasteiger partial charge in [-0.25, -0.2) is 4.79 Å². The summed E-state index contributed by atoms with van der Waals surface area (Å²) in [7, 11) is 0. The van der Waals surface area contributed by atoms with Gasteiger partial charge in [-0.05, 0) is 56.4 Å². The highest BCUT2D eigenvalue weighted by Gasteiger charge is 2.45. The molecule has 2 unspecified atom stereocenters. The van der Waals surface area contributed by atoms with E-state index >= 15 is 0 Å². The minimum Gasteiger partial charge on any atom is -0.475 e. The lowest BCUT2D eigenvalue weighted by Gasteiger charge is -2.39. The van der Waals surface area contributed by atoms with E-state index in [1.54, 1.807) is 11.3 Å². The molecule has 1 aliphatic heterocycles. The molecule has 0 aromatic carbocycles. The van der Waals surface area contributed by atoms with Crippen LogP contribution in [0.5, 0.6) is 0 Å². The minimum atomic E-state index is -5.08. The summed E-state index contributed by atoms with van der Waals surface area (Å²) in [5, 5.41) is 12.4. The molecule has 2 aliphatic rings. The van der Waals surface area contributed by atoms with Crippen molar-refractivity contribution in [2.45, 2.75) is 45.3 Å². The van der Waals surface area contributed by atoms with Gasteiger partial charge < -0.3 is 15.3 Å². The van der Waals surface area contributed by atoms with Crippen LogP contribution in [0, 0.1) is 17.8 Å². The van der Waals surface area contributed by atoms with Crippen molar-refractivity contribution >= 4 is 23.2 Å². The number of hydrogen-bond acceptors (Lipinski definition) is 4. The maximum atomic E-state index is 12.5. The Bertz CT molecular complexity index is 635. The van der Waals surface area contributed by atoms with E-state index in [2.05, 4.69) is 41.6 Å². The molecule has 3 rings (SSSR count). The Labute approximate surface area is 166 Å². The van der Waals surface area contributed by atoms with E-state index in [1.807, 2.05) is 0 Å². The van der Waals surface area contributed by atoms with Crippen molar-refractivity contribution in [3.63, 3.8) is 0 Å². The number of alkyl halides is 3. The normalized spacial score (nSPS) is 24.6. The first-order valence-corrected chi connectivity index (χ1v) is 10.3. The Balaban J connectivity index is 0.000000345. The van der Waals surface area contributed by atoms with E-state index in [0.717, 1.165) is 26.1 Å². The van der Waals surface area contributed by atoms with Gasteiger partial charge in [0.25, 0.3) is 0 Å². The molecule has 28 heavy (non-hydrogen) atoms. The number of carboxylic acid groups (broad SMARTS) is 1. The van der Waals surface area contributed by atoms with Crippen molar-refractivity contribution in [3.8, 4) is 0 Å². The number of hydrogen-bond donors (Lipinski definition) is 2. The smallest absolute Gasteiger partial charge is 0.475 e. The van der Waals surface area contributed by atoms with Crippen LogP contribution in [0.2, 0.25) is 0 Å². The number of thiophene rings is 1. The number of rotatable bonds is 5. The molecule has 0 radical (unpaired) electrons. The van der Waals surface area contributed by atoms with Crippen LogP contribution in [-0.2, 0) is 16.0 Å². The Morgan fingerprint density at radius 1 is 1.29 bits per heavy atom. The standard InChI is InChI=1S/C17H26N2OS.C2HF3O2/c1-12(2)19-10-13-5-6-14(11-19)16(13)17(20)18-8-7-15-4-3-9-21-15;3-2(4,5)1(6)7/h3-4,9,12-14,16H,5-8,10-11H2,1-2H3,(H,18,20);(H,6,7). The zero-order valence-corrected chi connectivity index (χ0v) is 16.9. The first-order chi connectivity index (χ1) is 13.1. The van der Waals surface area contributed by atoms with E-state index in [9.17, 15) is 18.0 Å². The van der Waals surface area contributed by atoms with Gasteiger partial charge in [0, 0.05) is 36.5 Å².